The summed E-state index contributed by atoms with van der Waals surface area (Å²) in [4.78, 5) is 7.33. The van der Waals surface area contributed by atoms with Crippen molar-refractivity contribution in [3.8, 4) is 44.5 Å². The van der Waals surface area contributed by atoms with Crippen molar-refractivity contribution >= 4 is 56.7 Å². The van der Waals surface area contributed by atoms with E-state index in [9.17, 15) is 0 Å². The molecule has 0 aliphatic carbocycles. The molecule has 1 aliphatic heterocycles. The fraction of sp³-hybridized carbons (Fsp3) is 0. The van der Waals surface area contributed by atoms with Gasteiger partial charge in [-0.2, -0.15) is 0 Å². The Morgan fingerprint density at radius 3 is 1.21 bits per heavy atom. The van der Waals surface area contributed by atoms with Gasteiger partial charge in [0.2, 0.25) is 0 Å². The molecule has 0 bridgehead atoms. The molecule has 0 radical (unpaired) electrons. The molecule has 0 N–H and O–H groups in total. The highest BCUT2D eigenvalue weighted by atomic mass is 32.2. The van der Waals surface area contributed by atoms with Crippen molar-refractivity contribution in [1.82, 2.24) is 0 Å². The van der Waals surface area contributed by atoms with Crippen molar-refractivity contribution in [1.29, 1.82) is 0 Å². The van der Waals surface area contributed by atoms with Crippen LogP contribution >= 0.6 is 11.8 Å². The Morgan fingerprint density at radius 1 is 0.246 bits per heavy atom. The average Bonchev–Trinajstić information content (AvgIpc) is 3.33. The minimum absolute atomic E-state index is 1.06. The molecule has 61 heavy (non-hydrogen) atoms. The summed E-state index contributed by atoms with van der Waals surface area (Å²) in [7, 11) is 0. The Kier molecular flexibility index (Phi) is 9.50. The standard InChI is InChI=1S/C58H40N2S/c1-5-15-41(16-6-1)43-27-32-50(33-28-43)59(48-21-9-3-10-22-48)52-37-47(46-31-36-54-55-25-13-19-45-20-14-26-56(58(45)55)61-57(54)39-46)38-53(40-52)60(49-23-11-4-12-24-49)51-34-29-44(30-35-51)42-17-7-2-8-18-42/h1-40H. The van der Waals surface area contributed by atoms with Gasteiger partial charge < -0.3 is 9.80 Å². The number of benzene rings is 10. The van der Waals surface area contributed by atoms with Crippen LogP contribution in [-0.2, 0) is 0 Å². The third-order valence-corrected chi connectivity index (χ3v) is 12.7. The smallest absolute Gasteiger partial charge is 0.0488 e. The molecule has 11 rings (SSSR count). The monoisotopic (exact) mass is 796 g/mol. The summed E-state index contributed by atoms with van der Waals surface area (Å²) in [5, 5.41) is 2.62. The van der Waals surface area contributed by atoms with E-state index in [1.807, 2.05) is 11.8 Å². The lowest BCUT2D eigenvalue weighted by Crippen LogP contribution is -2.13. The van der Waals surface area contributed by atoms with Crippen LogP contribution in [0.1, 0.15) is 0 Å². The van der Waals surface area contributed by atoms with Crippen LogP contribution in [0.2, 0.25) is 0 Å². The van der Waals surface area contributed by atoms with E-state index in [2.05, 4.69) is 252 Å². The summed E-state index contributed by atoms with van der Waals surface area (Å²) in [5.74, 6) is 0. The molecule has 10 aromatic rings. The zero-order valence-corrected chi connectivity index (χ0v) is 34.2. The minimum atomic E-state index is 1.06. The minimum Gasteiger partial charge on any atom is -0.310 e. The van der Waals surface area contributed by atoms with Crippen LogP contribution in [0.15, 0.2) is 252 Å². The lowest BCUT2D eigenvalue weighted by atomic mass is 9.95. The zero-order chi connectivity index (χ0) is 40.5. The number of fused-ring (bicyclic) bond motifs is 2. The predicted molar refractivity (Wildman–Crippen MR) is 259 cm³/mol. The van der Waals surface area contributed by atoms with E-state index < -0.39 is 0 Å². The van der Waals surface area contributed by atoms with Crippen LogP contribution in [0.4, 0.5) is 34.1 Å². The van der Waals surface area contributed by atoms with E-state index in [0.29, 0.717) is 0 Å². The van der Waals surface area contributed by atoms with Crippen molar-refractivity contribution in [3.05, 3.63) is 243 Å². The van der Waals surface area contributed by atoms with Crippen LogP contribution in [0.5, 0.6) is 0 Å². The molecule has 0 saturated heterocycles. The molecular formula is C58H40N2S. The molecular weight excluding hydrogens is 757 g/mol. The quantitative estimate of drug-likeness (QED) is 0.144. The summed E-state index contributed by atoms with van der Waals surface area (Å²) in [5.41, 5.74) is 16.1. The number of anilines is 6. The molecule has 3 heteroatoms. The van der Waals surface area contributed by atoms with E-state index in [1.54, 1.807) is 0 Å². The Labute approximate surface area is 361 Å². The Bertz CT molecular complexity index is 2980. The van der Waals surface area contributed by atoms with Crippen molar-refractivity contribution in [3.63, 3.8) is 0 Å². The van der Waals surface area contributed by atoms with Gasteiger partial charge in [-0.05, 0) is 129 Å². The molecule has 1 aliphatic rings. The molecule has 0 unspecified atom stereocenters. The molecule has 0 amide bonds. The maximum Gasteiger partial charge on any atom is 0.0488 e. The van der Waals surface area contributed by atoms with Gasteiger partial charge in [-0.1, -0.05) is 176 Å². The molecule has 0 saturated carbocycles. The van der Waals surface area contributed by atoms with Crippen LogP contribution in [0, 0.1) is 0 Å². The number of nitrogens with zero attached hydrogens (tertiary/aromatic N) is 2. The molecule has 10 aromatic carbocycles. The van der Waals surface area contributed by atoms with E-state index in [-0.39, 0.29) is 0 Å². The van der Waals surface area contributed by atoms with Gasteiger partial charge in [0.1, 0.15) is 0 Å². The summed E-state index contributed by atoms with van der Waals surface area (Å²) in [6.07, 6.45) is 0. The van der Waals surface area contributed by atoms with E-state index >= 15 is 0 Å². The molecule has 1 heterocycles. The van der Waals surface area contributed by atoms with Crippen molar-refractivity contribution < 1.29 is 0 Å². The highest BCUT2D eigenvalue weighted by molar-refractivity contribution is 7.99. The van der Waals surface area contributed by atoms with Gasteiger partial charge in [-0.15, -0.1) is 0 Å². The van der Waals surface area contributed by atoms with Crippen LogP contribution in [0.3, 0.4) is 0 Å². The first-order valence-electron chi connectivity index (χ1n) is 20.7. The molecule has 288 valence electrons. The second kappa shape index (κ2) is 15.9. The number of hydrogen-bond donors (Lipinski definition) is 0. The maximum absolute atomic E-state index is 2.39. The van der Waals surface area contributed by atoms with Gasteiger partial charge in [0.25, 0.3) is 0 Å². The number of rotatable bonds is 9. The third-order valence-electron chi connectivity index (χ3n) is 11.6. The maximum atomic E-state index is 2.39. The predicted octanol–water partition coefficient (Wildman–Crippen LogP) is 16.9. The lowest BCUT2D eigenvalue weighted by molar-refractivity contribution is 1.25. The van der Waals surface area contributed by atoms with Crippen molar-refractivity contribution in [2.24, 2.45) is 0 Å². The van der Waals surface area contributed by atoms with E-state index in [0.717, 1.165) is 39.7 Å². The van der Waals surface area contributed by atoms with Crippen molar-refractivity contribution in [2.75, 3.05) is 9.80 Å². The number of hydrogen-bond acceptors (Lipinski definition) is 3. The second-order valence-corrected chi connectivity index (χ2v) is 16.5. The fourth-order valence-corrected chi connectivity index (χ4v) is 9.87. The zero-order valence-electron chi connectivity index (χ0n) is 33.4. The van der Waals surface area contributed by atoms with Crippen LogP contribution in [0.25, 0.3) is 55.3 Å². The highest BCUT2D eigenvalue weighted by Crippen LogP contribution is 2.50. The summed E-state index contributed by atoms with van der Waals surface area (Å²) >= 11 is 1.87. The van der Waals surface area contributed by atoms with E-state index in [1.165, 1.54) is 59.5 Å². The first-order valence-corrected chi connectivity index (χ1v) is 21.6. The summed E-state index contributed by atoms with van der Waals surface area (Å²) in [6.45, 7) is 0. The number of para-hydroxylation sites is 2. The van der Waals surface area contributed by atoms with Gasteiger partial charge in [0.05, 0.1) is 0 Å². The first kappa shape index (κ1) is 36.5. The van der Waals surface area contributed by atoms with Gasteiger partial charge >= 0.3 is 0 Å². The molecule has 0 spiro atoms. The third kappa shape index (κ3) is 7.05. The van der Waals surface area contributed by atoms with E-state index in [4.69, 9.17) is 0 Å². The topological polar surface area (TPSA) is 6.48 Å². The fourth-order valence-electron chi connectivity index (χ4n) is 8.68. The SMILES string of the molecule is c1ccc(-c2ccc(N(c3ccccc3)c3cc(-c4ccc5c(c4)Sc4cccc6cccc-5c46)cc(N(c4ccccc4)c4ccc(-c5ccccc5)cc4)c3)cc2)cc1. The molecule has 0 atom stereocenters. The molecule has 0 fully saturated rings. The summed E-state index contributed by atoms with van der Waals surface area (Å²) in [6, 6.07) is 87.9. The first-order chi connectivity index (χ1) is 30.2. The van der Waals surface area contributed by atoms with Crippen LogP contribution in [-0.4, -0.2) is 0 Å². The Morgan fingerprint density at radius 2 is 0.689 bits per heavy atom. The second-order valence-electron chi connectivity index (χ2n) is 15.4. The Hall–Kier alpha value is -7.59. The average molecular weight is 797 g/mol. The van der Waals surface area contributed by atoms with Gasteiger partial charge in [0, 0.05) is 49.3 Å². The normalized spacial score (nSPS) is 11.5. The van der Waals surface area contributed by atoms with Crippen LogP contribution < -0.4 is 9.80 Å². The van der Waals surface area contributed by atoms with Gasteiger partial charge in [-0.3, -0.25) is 0 Å². The largest absolute Gasteiger partial charge is 0.310 e. The lowest BCUT2D eigenvalue weighted by Gasteiger charge is -2.30. The van der Waals surface area contributed by atoms with Gasteiger partial charge in [0.15, 0.2) is 0 Å². The highest BCUT2D eigenvalue weighted by Gasteiger charge is 2.22. The molecule has 2 nitrogen and oxygen atoms in total. The van der Waals surface area contributed by atoms with Crippen molar-refractivity contribution in [2.45, 2.75) is 9.79 Å². The molecule has 0 aromatic heterocycles. The Balaban J connectivity index is 1.11. The summed E-state index contributed by atoms with van der Waals surface area (Å²) < 4.78 is 0. The van der Waals surface area contributed by atoms with Gasteiger partial charge in [-0.25, -0.2) is 0 Å².